The summed E-state index contributed by atoms with van der Waals surface area (Å²) < 4.78 is 14.0. The van der Waals surface area contributed by atoms with E-state index in [2.05, 4.69) is 75.1 Å². The second-order valence-corrected chi connectivity index (χ2v) is 8.89. The number of fused-ring (bicyclic) bond motifs is 1. The Morgan fingerprint density at radius 3 is 2.38 bits per heavy atom. The maximum absolute atomic E-state index is 6.39. The van der Waals surface area contributed by atoms with Gasteiger partial charge in [0.2, 0.25) is 0 Å². The van der Waals surface area contributed by atoms with E-state index in [1.807, 2.05) is 11.6 Å². The second kappa shape index (κ2) is 6.48. The van der Waals surface area contributed by atoms with Crippen LogP contribution in [0.1, 0.15) is 44.6 Å². The highest BCUT2D eigenvalue weighted by atomic mass is 32.1. The summed E-state index contributed by atoms with van der Waals surface area (Å²) in [7, 11) is -0.270. The van der Waals surface area contributed by atoms with Crippen molar-refractivity contribution in [2.45, 2.75) is 51.1 Å². The van der Waals surface area contributed by atoms with Crippen LogP contribution in [0.25, 0.3) is 10.2 Å². The molecule has 0 amide bonds. The SMILES string of the molecule is CC1(C)OB([C@H](Cc2ccc3scnc3c2)c2ccccc2)OC1(C)C. The zero-order chi connectivity index (χ0) is 18.4. The summed E-state index contributed by atoms with van der Waals surface area (Å²) in [5.41, 5.74) is 4.80. The molecule has 134 valence electrons. The fourth-order valence-corrected chi connectivity index (χ4v) is 4.07. The normalized spacial score (nSPS) is 19.8. The first-order chi connectivity index (χ1) is 12.4. The van der Waals surface area contributed by atoms with Gasteiger partial charge in [-0.25, -0.2) is 4.98 Å². The maximum atomic E-state index is 6.39. The van der Waals surface area contributed by atoms with Gasteiger partial charge in [-0.2, -0.15) is 0 Å². The van der Waals surface area contributed by atoms with Crippen molar-refractivity contribution < 1.29 is 9.31 Å². The van der Waals surface area contributed by atoms with Crippen molar-refractivity contribution in [3.63, 3.8) is 0 Å². The van der Waals surface area contributed by atoms with Crippen LogP contribution in [0, 0.1) is 0 Å². The summed E-state index contributed by atoms with van der Waals surface area (Å²) in [6, 6.07) is 17.1. The van der Waals surface area contributed by atoms with Crippen LogP contribution in [0.5, 0.6) is 0 Å². The van der Waals surface area contributed by atoms with Crippen LogP contribution in [-0.4, -0.2) is 23.3 Å². The molecule has 1 aliphatic rings. The predicted molar refractivity (Wildman–Crippen MR) is 109 cm³/mol. The lowest BCUT2D eigenvalue weighted by Crippen LogP contribution is -2.41. The number of rotatable bonds is 4. The second-order valence-electron chi connectivity index (χ2n) is 8.00. The van der Waals surface area contributed by atoms with Crippen molar-refractivity contribution in [2.24, 2.45) is 0 Å². The van der Waals surface area contributed by atoms with E-state index in [9.17, 15) is 0 Å². The molecule has 1 saturated heterocycles. The lowest BCUT2D eigenvalue weighted by Gasteiger charge is -2.32. The highest BCUT2D eigenvalue weighted by molar-refractivity contribution is 7.16. The van der Waals surface area contributed by atoms with Crippen LogP contribution in [0.4, 0.5) is 0 Å². The van der Waals surface area contributed by atoms with Gasteiger partial charge in [0.15, 0.2) is 0 Å². The minimum Gasteiger partial charge on any atom is -0.403 e. The molecule has 2 heterocycles. The first-order valence-corrected chi connectivity index (χ1v) is 9.96. The molecule has 0 spiro atoms. The Hall–Kier alpha value is -1.69. The average Bonchev–Trinajstić information content (AvgIpc) is 3.14. The summed E-state index contributed by atoms with van der Waals surface area (Å²) in [5, 5.41) is 0. The van der Waals surface area contributed by atoms with E-state index in [0.29, 0.717) is 0 Å². The van der Waals surface area contributed by atoms with Crippen molar-refractivity contribution >= 4 is 28.7 Å². The lowest BCUT2D eigenvalue weighted by molar-refractivity contribution is 0.00578. The van der Waals surface area contributed by atoms with Crippen molar-refractivity contribution in [1.82, 2.24) is 4.98 Å². The topological polar surface area (TPSA) is 31.4 Å². The molecule has 3 nitrogen and oxygen atoms in total. The van der Waals surface area contributed by atoms with Crippen LogP contribution in [0.2, 0.25) is 0 Å². The fourth-order valence-electron chi connectivity index (χ4n) is 3.41. The molecule has 4 rings (SSSR count). The van der Waals surface area contributed by atoms with Gasteiger partial charge >= 0.3 is 7.12 Å². The molecule has 1 aliphatic heterocycles. The van der Waals surface area contributed by atoms with Gasteiger partial charge < -0.3 is 9.31 Å². The molecule has 26 heavy (non-hydrogen) atoms. The number of thiazole rings is 1. The van der Waals surface area contributed by atoms with Crippen LogP contribution in [0.3, 0.4) is 0 Å². The maximum Gasteiger partial charge on any atom is 0.466 e. The number of hydrogen-bond acceptors (Lipinski definition) is 4. The monoisotopic (exact) mass is 365 g/mol. The third kappa shape index (κ3) is 3.20. The fraction of sp³-hybridized carbons (Fsp3) is 0.381. The Labute approximate surface area is 159 Å². The van der Waals surface area contributed by atoms with E-state index in [-0.39, 0.29) is 24.1 Å². The van der Waals surface area contributed by atoms with Gasteiger partial charge in [-0.15, -0.1) is 11.3 Å². The Kier molecular flexibility index (Phi) is 4.42. The molecule has 2 aromatic carbocycles. The third-order valence-corrected chi connectivity index (χ3v) is 6.49. The van der Waals surface area contributed by atoms with Gasteiger partial charge in [0.25, 0.3) is 0 Å². The molecule has 3 aromatic rings. The number of aromatic nitrogens is 1. The van der Waals surface area contributed by atoms with Crippen molar-refractivity contribution in [2.75, 3.05) is 0 Å². The smallest absolute Gasteiger partial charge is 0.403 e. The number of benzene rings is 2. The van der Waals surface area contributed by atoms with Gasteiger partial charge in [-0.05, 0) is 57.4 Å². The van der Waals surface area contributed by atoms with Crippen molar-refractivity contribution in [3.05, 3.63) is 65.2 Å². The van der Waals surface area contributed by atoms with E-state index < -0.39 is 0 Å². The largest absolute Gasteiger partial charge is 0.466 e. The summed E-state index contributed by atoms with van der Waals surface area (Å²) in [6.07, 6.45) is 0.855. The quantitative estimate of drug-likeness (QED) is 0.592. The van der Waals surface area contributed by atoms with Gasteiger partial charge in [-0.1, -0.05) is 36.4 Å². The van der Waals surface area contributed by atoms with Crippen LogP contribution < -0.4 is 0 Å². The van der Waals surface area contributed by atoms with Crippen molar-refractivity contribution in [1.29, 1.82) is 0 Å². The Balaban J connectivity index is 1.68. The number of nitrogens with zero attached hydrogens (tertiary/aromatic N) is 1. The van der Waals surface area contributed by atoms with Gasteiger partial charge in [0, 0.05) is 5.82 Å². The Bertz CT molecular complexity index is 891. The van der Waals surface area contributed by atoms with Gasteiger partial charge in [0.1, 0.15) is 0 Å². The Morgan fingerprint density at radius 2 is 1.69 bits per heavy atom. The minimum absolute atomic E-state index is 0.133. The molecule has 0 N–H and O–H groups in total. The van der Waals surface area contributed by atoms with E-state index in [4.69, 9.17) is 9.31 Å². The third-order valence-electron chi connectivity index (χ3n) is 5.68. The summed E-state index contributed by atoms with van der Waals surface area (Å²) in [5.74, 6) is 0.133. The highest BCUT2D eigenvalue weighted by Crippen LogP contribution is 2.41. The minimum atomic E-state index is -0.330. The molecule has 0 unspecified atom stereocenters. The first-order valence-electron chi connectivity index (χ1n) is 9.08. The van der Waals surface area contributed by atoms with Gasteiger partial charge in [0.05, 0.1) is 26.9 Å². The standard InChI is InChI=1S/C21H24BNO2S/c1-20(2)21(3,4)25-22(24-20)17(16-8-6-5-7-9-16)12-15-10-11-19-18(13-15)23-14-26-19/h5-11,13-14,17H,12H2,1-4H3/t17-/m1/s1. The Morgan fingerprint density at radius 1 is 1.00 bits per heavy atom. The average molecular weight is 365 g/mol. The molecule has 1 fully saturated rings. The molecule has 1 aromatic heterocycles. The summed E-state index contributed by atoms with van der Waals surface area (Å²) in [4.78, 5) is 4.46. The van der Waals surface area contributed by atoms with Crippen LogP contribution >= 0.6 is 11.3 Å². The van der Waals surface area contributed by atoms with E-state index in [1.165, 1.54) is 15.8 Å². The molecule has 0 bridgehead atoms. The first kappa shape index (κ1) is 17.7. The molecular formula is C21H24BNO2S. The summed E-state index contributed by atoms with van der Waals surface area (Å²) >= 11 is 1.68. The molecule has 0 radical (unpaired) electrons. The van der Waals surface area contributed by atoms with Crippen molar-refractivity contribution in [3.8, 4) is 0 Å². The van der Waals surface area contributed by atoms with E-state index >= 15 is 0 Å². The van der Waals surface area contributed by atoms with Crippen LogP contribution in [-0.2, 0) is 15.7 Å². The zero-order valence-electron chi connectivity index (χ0n) is 15.7. The highest BCUT2D eigenvalue weighted by Gasteiger charge is 2.53. The van der Waals surface area contributed by atoms with Crippen LogP contribution in [0.15, 0.2) is 54.0 Å². The molecule has 1 atom stereocenters. The zero-order valence-corrected chi connectivity index (χ0v) is 16.5. The molecule has 5 heteroatoms. The van der Waals surface area contributed by atoms with E-state index in [1.54, 1.807) is 11.3 Å². The molecule has 0 aliphatic carbocycles. The predicted octanol–water partition coefficient (Wildman–Crippen LogP) is 5.25. The lowest BCUT2D eigenvalue weighted by atomic mass is 9.65. The molecule has 0 saturated carbocycles. The van der Waals surface area contributed by atoms with E-state index in [0.717, 1.165) is 11.9 Å². The van der Waals surface area contributed by atoms with Gasteiger partial charge in [-0.3, -0.25) is 0 Å². The number of hydrogen-bond donors (Lipinski definition) is 0. The summed E-state index contributed by atoms with van der Waals surface area (Å²) in [6.45, 7) is 8.43. The molecular weight excluding hydrogens is 341 g/mol.